The van der Waals surface area contributed by atoms with E-state index in [2.05, 4.69) is 31.1 Å². The summed E-state index contributed by atoms with van der Waals surface area (Å²) in [5.74, 6) is 0.403. The van der Waals surface area contributed by atoms with Crippen molar-refractivity contribution >= 4 is 28.3 Å². The number of nitrogens with zero attached hydrogens (tertiary/aromatic N) is 5. The molecule has 20 heavy (non-hydrogen) atoms. The zero-order valence-corrected chi connectivity index (χ0v) is 12.0. The van der Waals surface area contributed by atoms with Crippen LogP contribution < -0.4 is 16.4 Å². The van der Waals surface area contributed by atoms with Gasteiger partial charge in [-0.1, -0.05) is 23.5 Å². The van der Waals surface area contributed by atoms with E-state index in [0.717, 1.165) is 13.0 Å². The van der Waals surface area contributed by atoms with Gasteiger partial charge in [-0.3, -0.25) is 10.00 Å². The van der Waals surface area contributed by atoms with Crippen LogP contribution in [0.1, 0.15) is 31.3 Å². The second kappa shape index (κ2) is 6.28. The number of amides is 2. The van der Waals surface area contributed by atoms with Crippen LogP contribution in [-0.2, 0) is 6.54 Å². The van der Waals surface area contributed by atoms with E-state index in [1.165, 1.54) is 11.3 Å². The molecule has 0 unspecified atom stereocenters. The van der Waals surface area contributed by atoms with Gasteiger partial charge >= 0.3 is 6.03 Å². The van der Waals surface area contributed by atoms with Crippen molar-refractivity contribution in [3.63, 3.8) is 0 Å². The Balaban J connectivity index is 1.88. The fourth-order valence-electron chi connectivity index (χ4n) is 1.53. The molecule has 108 valence electrons. The molecule has 0 aromatic carbocycles. The van der Waals surface area contributed by atoms with E-state index in [1.807, 2.05) is 6.92 Å². The summed E-state index contributed by atoms with van der Waals surface area (Å²) in [5.41, 5.74) is 5.50. The lowest BCUT2D eigenvalue weighted by Gasteiger charge is -2.10. The molecule has 0 aliphatic carbocycles. The van der Waals surface area contributed by atoms with Gasteiger partial charge in [0, 0.05) is 6.54 Å². The van der Waals surface area contributed by atoms with E-state index in [0.29, 0.717) is 16.0 Å². The van der Waals surface area contributed by atoms with E-state index in [4.69, 9.17) is 5.73 Å². The van der Waals surface area contributed by atoms with Crippen molar-refractivity contribution in [2.45, 2.75) is 32.9 Å². The van der Waals surface area contributed by atoms with E-state index >= 15 is 0 Å². The van der Waals surface area contributed by atoms with E-state index < -0.39 is 0 Å². The fourth-order valence-corrected chi connectivity index (χ4v) is 2.14. The maximum Gasteiger partial charge on any atom is 0.321 e. The number of aromatic nitrogens is 5. The number of rotatable bonds is 5. The van der Waals surface area contributed by atoms with Crippen molar-refractivity contribution in [3.05, 3.63) is 11.2 Å². The molecule has 0 spiro atoms. The van der Waals surface area contributed by atoms with Gasteiger partial charge in [0.05, 0.1) is 12.2 Å². The van der Waals surface area contributed by atoms with Crippen molar-refractivity contribution in [3.8, 4) is 0 Å². The van der Waals surface area contributed by atoms with Gasteiger partial charge < -0.3 is 11.1 Å². The van der Waals surface area contributed by atoms with Gasteiger partial charge in [-0.05, 0) is 13.3 Å². The minimum absolute atomic E-state index is 0.282. The van der Waals surface area contributed by atoms with E-state index in [9.17, 15) is 4.79 Å². The molecule has 1 atom stereocenters. The van der Waals surface area contributed by atoms with Gasteiger partial charge in [-0.25, -0.2) is 4.79 Å². The van der Waals surface area contributed by atoms with Crippen molar-refractivity contribution < 1.29 is 4.79 Å². The van der Waals surface area contributed by atoms with Crippen LogP contribution in [0.5, 0.6) is 0 Å². The molecule has 0 aliphatic heterocycles. The smallest absolute Gasteiger partial charge is 0.321 e. The van der Waals surface area contributed by atoms with Crippen molar-refractivity contribution in [2.24, 2.45) is 0 Å². The molecule has 9 nitrogen and oxygen atoms in total. The van der Waals surface area contributed by atoms with E-state index in [1.54, 1.807) is 17.8 Å². The van der Waals surface area contributed by atoms with Crippen LogP contribution >= 0.6 is 11.3 Å². The zero-order chi connectivity index (χ0) is 14.5. The second-order valence-corrected chi connectivity index (χ2v) is 5.21. The first-order chi connectivity index (χ1) is 9.58. The van der Waals surface area contributed by atoms with Crippen molar-refractivity contribution in [1.82, 2.24) is 30.5 Å². The number of nitrogens with two attached hydrogens (primary N) is 1. The number of carbonyl (C=O) groups is 1. The molecule has 2 amide bonds. The van der Waals surface area contributed by atoms with Crippen molar-refractivity contribution in [1.29, 1.82) is 0 Å². The van der Waals surface area contributed by atoms with E-state index in [-0.39, 0.29) is 12.1 Å². The predicted octanol–water partition coefficient (Wildman–Crippen LogP) is 1.00. The summed E-state index contributed by atoms with van der Waals surface area (Å²) >= 11 is 1.24. The van der Waals surface area contributed by atoms with Gasteiger partial charge in [0.2, 0.25) is 5.13 Å². The summed E-state index contributed by atoms with van der Waals surface area (Å²) in [6.07, 6.45) is 2.63. The predicted molar refractivity (Wildman–Crippen MR) is 75.2 cm³/mol. The Morgan fingerprint density at radius 1 is 1.50 bits per heavy atom. The van der Waals surface area contributed by atoms with Crippen LogP contribution in [0.4, 0.5) is 15.7 Å². The average Bonchev–Trinajstić information content (AvgIpc) is 2.99. The highest BCUT2D eigenvalue weighted by atomic mass is 32.1. The zero-order valence-electron chi connectivity index (χ0n) is 11.2. The minimum atomic E-state index is -0.380. The summed E-state index contributed by atoms with van der Waals surface area (Å²) in [5, 5.41) is 21.7. The maximum absolute atomic E-state index is 11.8. The molecule has 0 saturated carbocycles. The van der Waals surface area contributed by atoms with Crippen molar-refractivity contribution in [2.75, 3.05) is 11.1 Å². The highest BCUT2D eigenvalue weighted by molar-refractivity contribution is 7.15. The molecule has 0 bridgehead atoms. The summed E-state index contributed by atoms with van der Waals surface area (Å²) in [4.78, 5) is 11.8. The lowest BCUT2D eigenvalue weighted by molar-refractivity contribution is 0.249. The van der Waals surface area contributed by atoms with Gasteiger partial charge in [0.1, 0.15) is 5.01 Å². The molecule has 0 fully saturated rings. The second-order valence-electron chi connectivity index (χ2n) is 4.17. The molecule has 2 rings (SSSR count). The number of nitrogen functional groups attached to an aromatic ring is 1. The number of hydrogen-bond acceptors (Lipinski definition) is 7. The Morgan fingerprint density at radius 3 is 2.95 bits per heavy atom. The molecule has 0 saturated heterocycles. The first-order valence-electron chi connectivity index (χ1n) is 6.15. The number of nitrogens with one attached hydrogen (secondary N) is 2. The summed E-state index contributed by atoms with van der Waals surface area (Å²) in [7, 11) is 0. The van der Waals surface area contributed by atoms with Gasteiger partial charge in [0.25, 0.3) is 0 Å². The Bertz CT molecular complexity index is 579. The SMILES string of the molecule is CCCn1cc(NC(=O)N[C@H](C)c2nnc(N)s2)nn1. The summed E-state index contributed by atoms with van der Waals surface area (Å²) in [6, 6.07) is -0.662. The lowest BCUT2D eigenvalue weighted by Crippen LogP contribution is -2.31. The van der Waals surface area contributed by atoms with Crippen LogP contribution in [0, 0.1) is 0 Å². The number of anilines is 2. The van der Waals surface area contributed by atoms with Crippen LogP contribution in [0.2, 0.25) is 0 Å². The molecule has 4 N–H and O–H groups in total. The molecular weight excluding hydrogens is 280 g/mol. The third-order valence-electron chi connectivity index (χ3n) is 2.41. The number of hydrogen-bond donors (Lipinski definition) is 3. The summed E-state index contributed by atoms with van der Waals surface area (Å²) < 4.78 is 1.67. The maximum atomic E-state index is 11.8. The molecule has 2 heterocycles. The first kappa shape index (κ1) is 14.2. The monoisotopic (exact) mass is 296 g/mol. The topological polar surface area (TPSA) is 124 Å². The normalized spacial score (nSPS) is 12.1. The molecule has 0 aliphatic rings. The Kier molecular flexibility index (Phi) is 4.45. The van der Waals surface area contributed by atoms with Crippen LogP contribution in [0.3, 0.4) is 0 Å². The molecule has 2 aromatic heterocycles. The quantitative estimate of drug-likeness (QED) is 0.756. The first-order valence-corrected chi connectivity index (χ1v) is 6.96. The van der Waals surface area contributed by atoms with Gasteiger partial charge in [-0.2, -0.15) is 0 Å². The van der Waals surface area contributed by atoms with Gasteiger partial charge in [0.15, 0.2) is 5.82 Å². The Hall–Kier alpha value is -2.23. The van der Waals surface area contributed by atoms with Crippen LogP contribution in [0.15, 0.2) is 6.20 Å². The largest absolute Gasteiger partial charge is 0.374 e. The molecule has 0 radical (unpaired) electrons. The highest BCUT2D eigenvalue weighted by Crippen LogP contribution is 2.18. The fraction of sp³-hybridized carbons (Fsp3) is 0.500. The number of carbonyl (C=O) groups excluding carboxylic acids is 1. The Morgan fingerprint density at radius 2 is 2.30 bits per heavy atom. The number of urea groups is 1. The standard InChI is InChI=1S/C10H16N8OS/c1-3-4-18-5-7(14-17-18)13-10(19)12-6(2)8-15-16-9(11)20-8/h5-6H,3-4H2,1-2H3,(H2,11,16)(H2,12,13,19)/t6-/m1/s1. The third kappa shape index (κ3) is 3.63. The third-order valence-corrected chi connectivity index (χ3v) is 3.34. The molecule has 10 heteroatoms. The van der Waals surface area contributed by atoms with Crippen LogP contribution in [0.25, 0.3) is 0 Å². The van der Waals surface area contributed by atoms with Crippen LogP contribution in [-0.4, -0.2) is 31.2 Å². The lowest BCUT2D eigenvalue weighted by atomic mass is 10.4. The molecule has 2 aromatic rings. The number of aryl methyl sites for hydroxylation is 1. The summed E-state index contributed by atoms with van der Waals surface area (Å²) in [6.45, 7) is 4.60. The molecular formula is C10H16N8OS. The average molecular weight is 296 g/mol. The Labute approximate surface area is 119 Å². The van der Waals surface area contributed by atoms with Gasteiger partial charge in [-0.15, -0.1) is 15.3 Å². The highest BCUT2D eigenvalue weighted by Gasteiger charge is 2.14. The minimum Gasteiger partial charge on any atom is -0.374 e.